The standard InChI is InChI=1S/C25H37BrN4O3/c1-8-10-21(22-27-20-12-11-18(26)13-19(20)23(31)29(22)9-2)28-14-16(3)30(17(4)15-28)24(32)33-25(5,6)7/h11-13,16-17,21H,8-10,14-15H2,1-7H3/t16-,17+,21?. The van der Waals surface area contributed by atoms with E-state index in [1.165, 1.54) is 0 Å². The van der Waals surface area contributed by atoms with Crippen molar-refractivity contribution in [2.75, 3.05) is 13.1 Å². The van der Waals surface area contributed by atoms with Crippen LogP contribution in [-0.2, 0) is 11.3 Å². The summed E-state index contributed by atoms with van der Waals surface area (Å²) in [6.07, 6.45) is 1.59. The average Bonchev–Trinajstić information content (AvgIpc) is 2.70. The fraction of sp³-hybridized carbons (Fsp3) is 0.640. The first-order valence-electron chi connectivity index (χ1n) is 11.9. The van der Waals surface area contributed by atoms with Gasteiger partial charge < -0.3 is 9.64 Å². The van der Waals surface area contributed by atoms with Crippen LogP contribution in [-0.4, -0.2) is 56.2 Å². The highest BCUT2D eigenvalue weighted by Crippen LogP contribution is 2.30. The fourth-order valence-electron chi connectivity index (χ4n) is 4.81. The van der Waals surface area contributed by atoms with E-state index in [1.807, 2.05) is 55.4 Å². The molecular formula is C25H37BrN4O3. The van der Waals surface area contributed by atoms with Crippen molar-refractivity contribution in [2.24, 2.45) is 0 Å². The van der Waals surface area contributed by atoms with Gasteiger partial charge in [0.1, 0.15) is 11.4 Å². The van der Waals surface area contributed by atoms with Crippen LogP contribution in [0.4, 0.5) is 4.79 Å². The van der Waals surface area contributed by atoms with Crippen molar-refractivity contribution in [3.05, 3.63) is 38.9 Å². The molecule has 1 aliphatic rings. The van der Waals surface area contributed by atoms with Gasteiger partial charge in [-0.3, -0.25) is 14.3 Å². The SMILES string of the molecule is CCCC(c1nc2ccc(Br)cc2c(=O)n1CC)N1C[C@@H](C)N(C(=O)OC(C)(C)C)[C@@H](C)C1. The Labute approximate surface area is 205 Å². The number of aromatic nitrogens is 2. The molecule has 1 aromatic carbocycles. The smallest absolute Gasteiger partial charge is 0.410 e. The van der Waals surface area contributed by atoms with E-state index >= 15 is 0 Å². The molecular weight excluding hydrogens is 484 g/mol. The van der Waals surface area contributed by atoms with Crippen LogP contribution in [0.1, 0.15) is 73.2 Å². The minimum Gasteiger partial charge on any atom is -0.444 e. The van der Waals surface area contributed by atoms with Gasteiger partial charge in [-0.25, -0.2) is 9.78 Å². The minimum atomic E-state index is -0.528. The Bertz CT molecular complexity index is 1050. The average molecular weight is 522 g/mol. The number of carbonyl (C=O) groups is 1. The third kappa shape index (κ3) is 5.60. The van der Waals surface area contributed by atoms with Crippen molar-refractivity contribution in [1.29, 1.82) is 0 Å². The summed E-state index contributed by atoms with van der Waals surface area (Å²) in [5.74, 6) is 0.810. The Morgan fingerprint density at radius 1 is 1.21 bits per heavy atom. The molecule has 1 saturated heterocycles. The summed E-state index contributed by atoms with van der Waals surface area (Å²) in [7, 11) is 0. The minimum absolute atomic E-state index is 0.00128. The van der Waals surface area contributed by atoms with Gasteiger partial charge in [-0.2, -0.15) is 0 Å². The number of benzene rings is 1. The van der Waals surface area contributed by atoms with Crippen molar-refractivity contribution in [2.45, 2.75) is 91.6 Å². The largest absolute Gasteiger partial charge is 0.444 e. The highest BCUT2D eigenvalue weighted by Gasteiger charge is 2.38. The van der Waals surface area contributed by atoms with Crippen LogP contribution in [0.25, 0.3) is 10.9 Å². The number of rotatable bonds is 5. The molecule has 3 rings (SSSR count). The van der Waals surface area contributed by atoms with E-state index in [9.17, 15) is 9.59 Å². The van der Waals surface area contributed by atoms with Crippen molar-refractivity contribution >= 4 is 32.9 Å². The molecule has 0 aliphatic carbocycles. The molecule has 0 bridgehead atoms. The number of ether oxygens (including phenoxy) is 1. The maximum Gasteiger partial charge on any atom is 0.410 e. The van der Waals surface area contributed by atoms with Crippen LogP contribution in [0.5, 0.6) is 0 Å². The second-order valence-electron chi connectivity index (χ2n) is 10.0. The molecule has 0 N–H and O–H groups in total. The first kappa shape index (κ1) is 25.7. The van der Waals surface area contributed by atoms with Crippen LogP contribution in [0.15, 0.2) is 27.5 Å². The summed E-state index contributed by atoms with van der Waals surface area (Å²) in [6.45, 7) is 15.9. The van der Waals surface area contributed by atoms with Crippen LogP contribution in [0.2, 0.25) is 0 Å². The molecule has 2 heterocycles. The highest BCUT2D eigenvalue weighted by molar-refractivity contribution is 9.10. The number of amides is 1. The molecule has 1 unspecified atom stereocenters. The lowest BCUT2D eigenvalue weighted by Gasteiger charge is -2.47. The van der Waals surface area contributed by atoms with E-state index in [-0.39, 0.29) is 29.8 Å². The van der Waals surface area contributed by atoms with E-state index in [2.05, 4.69) is 41.6 Å². The highest BCUT2D eigenvalue weighted by atomic mass is 79.9. The quantitative estimate of drug-likeness (QED) is 0.531. The van der Waals surface area contributed by atoms with Gasteiger partial charge in [0.25, 0.3) is 5.56 Å². The summed E-state index contributed by atoms with van der Waals surface area (Å²) < 4.78 is 8.34. The summed E-state index contributed by atoms with van der Waals surface area (Å²) in [5, 5.41) is 0.627. The second-order valence-corrected chi connectivity index (χ2v) is 10.9. The number of carbonyl (C=O) groups excluding carboxylic acids is 1. The Hall–Kier alpha value is -1.93. The molecule has 0 radical (unpaired) electrons. The third-order valence-electron chi connectivity index (χ3n) is 6.11. The van der Waals surface area contributed by atoms with Gasteiger partial charge >= 0.3 is 6.09 Å². The molecule has 8 heteroatoms. The predicted octanol–water partition coefficient (Wildman–Crippen LogP) is 5.35. The summed E-state index contributed by atoms with van der Waals surface area (Å²) >= 11 is 3.47. The molecule has 0 spiro atoms. The van der Waals surface area contributed by atoms with Crippen LogP contribution in [0.3, 0.4) is 0 Å². The maximum absolute atomic E-state index is 13.3. The zero-order valence-electron chi connectivity index (χ0n) is 20.9. The van der Waals surface area contributed by atoms with Crippen molar-refractivity contribution < 1.29 is 9.53 Å². The molecule has 182 valence electrons. The third-order valence-corrected chi connectivity index (χ3v) is 6.61. The molecule has 1 aliphatic heterocycles. The van der Waals surface area contributed by atoms with Crippen molar-refractivity contribution in [1.82, 2.24) is 19.4 Å². The van der Waals surface area contributed by atoms with Gasteiger partial charge in [0.15, 0.2) is 0 Å². The topological polar surface area (TPSA) is 67.7 Å². The van der Waals surface area contributed by atoms with Crippen LogP contribution in [0, 0.1) is 0 Å². The van der Waals surface area contributed by atoms with E-state index in [0.29, 0.717) is 25.0 Å². The van der Waals surface area contributed by atoms with Gasteiger partial charge in [0, 0.05) is 36.2 Å². The van der Waals surface area contributed by atoms with Crippen LogP contribution >= 0.6 is 15.9 Å². The van der Waals surface area contributed by atoms with E-state index in [4.69, 9.17) is 9.72 Å². The fourth-order valence-corrected chi connectivity index (χ4v) is 5.17. The Balaban J connectivity index is 1.97. The van der Waals surface area contributed by atoms with Crippen molar-refractivity contribution in [3.8, 4) is 0 Å². The number of piperazine rings is 1. The number of hydrogen-bond donors (Lipinski definition) is 0. The van der Waals surface area contributed by atoms with Gasteiger partial charge in [0.2, 0.25) is 0 Å². The maximum atomic E-state index is 13.3. The number of nitrogens with zero attached hydrogens (tertiary/aromatic N) is 4. The van der Waals surface area contributed by atoms with E-state index in [0.717, 1.165) is 28.7 Å². The summed E-state index contributed by atoms with van der Waals surface area (Å²) in [4.78, 5) is 35.4. The van der Waals surface area contributed by atoms with Gasteiger partial charge in [-0.15, -0.1) is 0 Å². The lowest BCUT2D eigenvalue weighted by Crippen LogP contribution is -2.60. The normalized spacial score (nSPS) is 20.8. The first-order valence-corrected chi connectivity index (χ1v) is 12.7. The predicted molar refractivity (Wildman–Crippen MR) is 136 cm³/mol. The lowest BCUT2D eigenvalue weighted by molar-refractivity contribution is -0.0247. The Morgan fingerprint density at radius 3 is 2.39 bits per heavy atom. The number of fused-ring (bicyclic) bond motifs is 1. The zero-order chi connectivity index (χ0) is 24.5. The second kappa shape index (κ2) is 10.1. The Morgan fingerprint density at radius 2 is 1.85 bits per heavy atom. The Kier molecular flexibility index (Phi) is 7.89. The molecule has 1 amide bonds. The molecule has 0 saturated carbocycles. The van der Waals surface area contributed by atoms with Gasteiger partial charge in [-0.05, 0) is 66.2 Å². The van der Waals surface area contributed by atoms with E-state index < -0.39 is 5.60 Å². The zero-order valence-corrected chi connectivity index (χ0v) is 22.5. The molecule has 1 aromatic heterocycles. The number of halogens is 1. The lowest BCUT2D eigenvalue weighted by atomic mass is 10.0. The summed E-state index contributed by atoms with van der Waals surface area (Å²) in [6, 6.07) is 5.65. The molecule has 3 atom stereocenters. The summed E-state index contributed by atoms with van der Waals surface area (Å²) in [5.41, 5.74) is 0.186. The molecule has 1 fully saturated rings. The number of hydrogen-bond acceptors (Lipinski definition) is 5. The van der Waals surface area contributed by atoms with Gasteiger partial charge in [0.05, 0.1) is 16.9 Å². The van der Waals surface area contributed by atoms with Gasteiger partial charge in [-0.1, -0.05) is 29.3 Å². The molecule has 7 nitrogen and oxygen atoms in total. The molecule has 2 aromatic rings. The first-order chi connectivity index (χ1) is 15.5. The molecule has 33 heavy (non-hydrogen) atoms. The van der Waals surface area contributed by atoms with Crippen molar-refractivity contribution in [3.63, 3.8) is 0 Å². The van der Waals surface area contributed by atoms with Crippen LogP contribution < -0.4 is 5.56 Å². The monoisotopic (exact) mass is 520 g/mol. The van der Waals surface area contributed by atoms with E-state index in [1.54, 1.807) is 0 Å².